The van der Waals surface area contributed by atoms with Gasteiger partial charge in [-0.3, -0.25) is 4.79 Å². The molecule has 0 atom stereocenters. The number of aldehydes is 1. The molecule has 21 heavy (non-hydrogen) atoms. The summed E-state index contributed by atoms with van der Waals surface area (Å²) in [7, 11) is 0. The summed E-state index contributed by atoms with van der Waals surface area (Å²) in [5.74, 6) is 0.347. The van der Waals surface area contributed by atoms with Crippen LogP contribution in [0.3, 0.4) is 0 Å². The first-order valence-electron chi connectivity index (χ1n) is 5.51. The Balaban J connectivity index is 2.32. The van der Waals surface area contributed by atoms with Crippen LogP contribution in [-0.4, -0.2) is 21.2 Å². The smallest absolute Gasteiger partial charge is 0.298 e. The number of carbonyl (C=O) groups is 1. The quantitative estimate of drug-likeness (QED) is 0.631. The molecule has 0 radical (unpaired) electrons. The second-order valence-electron chi connectivity index (χ2n) is 3.88. The fraction of sp³-hybridized carbons (Fsp3) is 0.167. The van der Waals surface area contributed by atoms with Crippen LogP contribution in [0.1, 0.15) is 21.7 Å². The van der Waals surface area contributed by atoms with E-state index in [0.29, 0.717) is 12.1 Å². The summed E-state index contributed by atoms with van der Waals surface area (Å²) < 4.78 is 37.3. The molecule has 0 aromatic carbocycles. The van der Waals surface area contributed by atoms with Gasteiger partial charge in [0.05, 0.1) is 11.1 Å². The molecule has 0 saturated carbocycles. The van der Waals surface area contributed by atoms with Gasteiger partial charge in [0.25, 0.3) is 0 Å². The van der Waals surface area contributed by atoms with Gasteiger partial charge in [-0.2, -0.15) is 13.2 Å². The molecule has 0 saturated heterocycles. The van der Waals surface area contributed by atoms with Gasteiger partial charge in [-0.05, 0) is 30.8 Å². The molecule has 0 N–H and O–H groups in total. The van der Waals surface area contributed by atoms with Crippen LogP contribution < -0.4 is 0 Å². The molecule has 0 amide bonds. The summed E-state index contributed by atoms with van der Waals surface area (Å²) in [5.41, 5.74) is -0.770. The predicted octanol–water partition coefficient (Wildman–Crippen LogP) is 3.82. The monoisotopic (exact) mass is 333 g/mol. The topological polar surface area (TPSA) is 55.7 Å². The van der Waals surface area contributed by atoms with E-state index in [4.69, 9.17) is 11.6 Å². The maximum absolute atomic E-state index is 12.4. The molecule has 9 heteroatoms. The van der Waals surface area contributed by atoms with Gasteiger partial charge in [-0.25, -0.2) is 15.0 Å². The average Bonchev–Trinajstić information content (AvgIpc) is 2.38. The van der Waals surface area contributed by atoms with Crippen LogP contribution in [0.15, 0.2) is 28.4 Å². The third-order valence-corrected chi connectivity index (χ3v) is 3.60. The molecule has 0 spiro atoms. The van der Waals surface area contributed by atoms with E-state index in [-0.39, 0.29) is 20.8 Å². The molecule has 0 fully saturated rings. The number of hydrogen-bond donors (Lipinski definition) is 0. The van der Waals surface area contributed by atoms with E-state index in [1.165, 1.54) is 6.07 Å². The highest BCUT2D eigenvalue weighted by Gasteiger charge is 2.30. The lowest BCUT2D eigenvalue weighted by molar-refractivity contribution is -0.137. The molecule has 2 heterocycles. The van der Waals surface area contributed by atoms with Gasteiger partial charge in [-0.15, -0.1) is 0 Å². The molecule has 0 aliphatic rings. The molecule has 0 aliphatic heterocycles. The van der Waals surface area contributed by atoms with Crippen LogP contribution in [0.5, 0.6) is 0 Å². The van der Waals surface area contributed by atoms with E-state index in [1.807, 2.05) is 0 Å². The molecular weight excluding hydrogens is 327 g/mol. The number of nitrogens with zero attached hydrogens (tertiary/aromatic N) is 3. The van der Waals surface area contributed by atoms with Crippen LogP contribution in [0, 0.1) is 6.92 Å². The first-order valence-corrected chi connectivity index (χ1v) is 6.71. The van der Waals surface area contributed by atoms with Crippen molar-refractivity contribution in [2.24, 2.45) is 0 Å². The van der Waals surface area contributed by atoms with Gasteiger partial charge in [-0.1, -0.05) is 11.6 Å². The Labute approximate surface area is 126 Å². The Morgan fingerprint density at radius 1 is 1.29 bits per heavy atom. The van der Waals surface area contributed by atoms with Crippen LogP contribution in [0.4, 0.5) is 13.2 Å². The first kappa shape index (κ1) is 15.7. The third kappa shape index (κ3) is 3.70. The number of hydrogen-bond acceptors (Lipinski definition) is 5. The predicted molar refractivity (Wildman–Crippen MR) is 70.5 cm³/mol. The van der Waals surface area contributed by atoms with Crippen molar-refractivity contribution in [1.82, 2.24) is 15.0 Å². The average molecular weight is 334 g/mol. The van der Waals surface area contributed by atoms with Crippen LogP contribution >= 0.6 is 23.4 Å². The van der Waals surface area contributed by atoms with Crippen molar-refractivity contribution in [1.29, 1.82) is 0 Å². The number of aromatic nitrogens is 3. The van der Waals surface area contributed by atoms with Gasteiger partial charge in [0.2, 0.25) is 0 Å². The Morgan fingerprint density at radius 3 is 2.52 bits per heavy atom. The van der Waals surface area contributed by atoms with Crippen molar-refractivity contribution in [2.45, 2.75) is 23.2 Å². The van der Waals surface area contributed by atoms with Crippen molar-refractivity contribution >= 4 is 29.6 Å². The minimum Gasteiger partial charge on any atom is -0.298 e. The molecule has 2 aromatic rings. The third-order valence-electron chi connectivity index (χ3n) is 2.36. The molecule has 0 aliphatic carbocycles. The maximum Gasteiger partial charge on any atom is 0.417 e. The Bertz CT molecular complexity index is 677. The minimum atomic E-state index is -4.45. The highest BCUT2D eigenvalue weighted by molar-refractivity contribution is 7.99. The number of aryl methyl sites for hydroxylation is 1. The van der Waals surface area contributed by atoms with E-state index in [1.54, 1.807) is 6.92 Å². The standard InChI is InChI=1S/C12H7ClF3N3OS/c1-6-18-10(13)8(5-20)11(19-6)21-9-3-2-7(4-17-9)12(14,15)16/h2-5H,1H3. The SMILES string of the molecule is Cc1nc(Cl)c(C=O)c(Sc2ccc(C(F)(F)F)cn2)n1. The highest BCUT2D eigenvalue weighted by Crippen LogP contribution is 2.32. The number of pyridine rings is 1. The normalized spacial score (nSPS) is 11.5. The number of rotatable bonds is 3. The lowest BCUT2D eigenvalue weighted by atomic mass is 10.3. The highest BCUT2D eigenvalue weighted by atomic mass is 35.5. The summed E-state index contributed by atoms with van der Waals surface area (Å²) in [4.78, 5) is 22.6. The lowest BCUT2D eigenvalue weighted by Gasteiger charge is -2.08. The maximum atomic E-state index is 12.4. The number of halogens is 4. The van der Waals surface area contributed by atoms with E-state index in [0.717, 1.165) is 24.0 Å². The van der Waals surface area contributed by atoms with Crippen LogP contribution in [0.2, 0.25) is 5.15 Å². The second-order valence-corrected chi connectivity index (χ2v) is 5.25. The van der Waals surface area contributed by atoms with Crippen molar-refractivity contribution in [3.05, 3.63) is 40.4 Å². The van der Waals surface area contributed by atoms with Crippen molar-refractivity contribution in [3.63, 3.8) is 0 Å². The molecule has 110 valence electrons. The fourth-order valence-corrected chi connectivity index (χ4v) is 2.59. The summed E-state index contributed by atoms with van der Waals surface area (Å²) in [6.07, 6.45) is -3.23. The zero-order chi connectivity index (χ0) is 15.6. The molecule has 0 bridgehead atoms. The minimum absolute atomic E-state index is 0.00749. The zero-order valence-electron chi connectivity index (χ0n) is 10.5. The van der Waals surface area contributed by atoms with Gasteiger partial charge < -0.3 is 0 Å². The Kier molecular flexibility index (Phi) is 4.48. The van der Waals surface area contributed by atoms with Crippen molar-refractivity contribution in [3.8, 4) is 0 Å². The molecule has 0 unspecified atom stereocenters. The summed E-state index contributed by atoms with van der Waals surface area (Å²) in [5, 5.41) is 0.502. The van der Waals surface area contributed by atoms with E-state index in [9.17, 15) is 18.0 Å². The van der Waals surface area contributed by atoms with E-state index in [2.05, 4.69) is 15.0 Å². The Morgan fingerprint density at radius 2 is 2.00 bits per heavy atom. The number of alkyl halides is 3. The van der Waals surface area contributed by atoms with Crippen LogP contribution in [-0.2, 0) is 6.18 Å². The van der Waals surface area contributed by atoms with Gasteiger partial charge in [0, 0.05) is 6.20 Å². The largest absolute Gasteiger partial charge is 0.417 e. The summed E-state index contributed by atoms with van der Waals surface area (Å²) in [6, 6.07) is 2.11. The molecule has 2 rings (SSSR count). The Hall–Kier alpha value is -1.67. The molecular formula is C12H7ClF3N3OS. The van der Waals surface area contributed by atoms with E-state index < -0.39 is 11.7 Å². The lowest BCUT2D eigenvalue weighted by Crippen LogP contribution is -2.05. The van der Waals surface area contributed by atoms with Crippen molar-refractivity contribution < 1.29 is 18.0 Å². The van der Waals surface area contributed by atoms with E-state index >= 15 is 0 Å². The summed E-state index contributed by atoms with van der Waals surface area (Å²) in [6.45, 7) is 1.59. The van der Waals surface area contributed by atoms with Crippen molar-refractivity contribution in [2.75, 3.05) is 0 Å². The fourth-order valence-electron chi connectivity index (χ4n) is 1.41. The number of carbonyl (C=O) groups excluding carboxylic acids is 1. The molecule has 2 aromatic heterocycles. The van der Waals surface area contributed by atoms with Gasteiger partial charge in [0.1, 0.15) is 21.0 Å². The summed E-state index contributed by atoms with van der Waals surface area (Å²) >= 11 is 6.76. The molecule has 4 nitrogen and oxygen atoms in total. The van der Waals surface area contributed by atoms with Crippen LogP contribution in [0.25, 0.3) is 0 Å². The second kappa shape index (κ2) is 5.98. The zero-order valence-corrected chi connectivity index (χ0v) is 12.1. The van der Waals surface area contributed by atoms with Gasteiger partial charge in [0.15, 0.2) is 6.29 Å². The first-order chi connectivity index (χ1) is 9.81. The van der Waals surface area contributed by atoms with Gasteiger partial charge >= 0.3 is 6.18 Å².